The molecule has 0 saturated heterocycles. The third kappa shape index (κ3) is 4.32. The highest BCUT2D eigenvalue weighted by Gasteiger charge is 2.24. The fourth-order valence-corrected chi connectivity index (χ4v) is 1.75. The normalized spacial score (nSPS) is 11.6. The lowest BCUT2D eigenvalue weighted by atomic mass is 10.1. The van der Waals surface area contributed by atoms with Crippen LogP contribution in [-0.2, 0) is 0 Å². The Balaban J connectivity index is 3.16. The Kier molecular flexibility index (Phi) is 6.58. The van der Waals surface area contributed by atoms with Crippen molar-refractivity contribution >= 4 is 11.6 Å². The largest absolute Gasteiger partial charge is 0.493 e. The topological polar surface area (TPSA) is 103 Å². The van der Waals surface area contributed by atoms with Crippen LogP contribution in [-0.4, -0.2) is 44.2 Å². The van der Waals surface area contributed by atoms with Crippen LogP contribution in [0.5, 0.6) is 11.5 Å². The molecule has 2 N–H and O–H groups in total. The van der Waals surface area contributed by atoms with Gasteiger partial charge in [0.05, 0.1) is 24.7 Å². The number of nitrogens with zero attached hydrogens (tertiary/aromatic N) is 1. The molecule has 0 saturated carbocycles. The molecule has 0 spiro atoms. The van der Waals surface area contributed by atoms with Gasteiger partial charge in [0, 0.05) is 18.7 Å². The second-order valence-electron chi connectivity index (χ2n) is 4.61. The van der Waals surface area contributed by atoms with Crippen molar-refractivity contribution in [2.45, 2.75) is 19.9 Å². The van der Waals surface area contributed by atoms with Crippen molar-refractivity contribution in [2.24, 2.45) is 0 Å². The van der Waals surface area contributed by atoms with E-state index in [-0.39, 0.29) is 23.0 Å². The molecule has 122 valence electrons. The molecule has 1 unspecified atom stereocenters. The molecule has 0 aliphatic carbocycles. The molecule has 1 rings (SSSR count). The summed E-state index contributed by atoms with van der Waals surface area (Å²) in [4.78, 5) is 22.8. The molecule has 1 aromatic carbocycles. The molecular formula is C14H21N3O5. The van der Waals surface area contributed by atoms with Crippen molar-refractivity contribution in [1.82, 2.24) is 10.6 Å². The summed E-state index contributed by atoms with van der Waals surface area (Å²) in [5.74, 6) is -0.0199. The summed E-state index contributed by atoms with van der Waals surface area (Å²) in [5.41, 5.74) is -0.382. The lowest BCUT2D eigenvalue weighted by Crippen LogP contribution is -2.37. The van der Waals surface area contributed by atoms with Gasteiger partial charge in [-0.3, -0.25) is 14.9 Å². The van der Waals surface area contributed by atoms with Crippen molar-refractivity contribution < 1.29 is 19.2 Å². The van der Waals surface area contributed by atoms with Gasteiger partial charge in [-0.1, -0.05) is 0 Å². The molecule has 1 aromatic rings. The Morgan fingerprint density at radius 2 is 2.09 bits per heavy atom. The van der Waals surface area contributed by atoms with Crippen LogP contribution in [0.2, 0.25) is 0 Å². The fourth-order valence-electron chi connectivity index (χ4n) is 1.75. The summed E-state index contributed by atoms with van der Waals surface area (Å²) in [6, 6.07) is 2.58. The van der Waals surface area contributed by atoms with E-state index >= 15 is 0 Å². The highest BCUT2D eigenvalue weighted by Crippen LogP contribution is 2.34. The quantitative estimate of drug-likeness (QED) is 0.555. The minimum Gasteiger partial charge on any atom is -0.493 e. The molecule has 0 aliphatic heterocycles. The van der Waals surface area contributed by atoms with Crippen molar-refractivity contribution in [3.8, 4) is 11.5 Å². The number of nitrogens with one attached hydrogen (secondary N) is 2. The summed E-state index contributed by atoms with van der Waals surface area (Å²) in [7, 11) is 3.15. The molecular weight excluding hydrogens is 290 g/mol. The Labute approximate surface area is 128 Å². The second-order valence-corrected chi connectivity index (χ2v) is 4.61. The number of amides is 1. The van der Waals surface area contributed by atoms with Crippen molar-refractivity contribution in [2.75, 3.05) is 27.3 Å². The molecule has 1 atom stereocenters. The highest BCUT2D eigenvalue weighted by atomic mass is 16.6. The predicted molar refractivity (Wildman–Crippen MR) is 81.7 cm³/mol. The molecule has 8 nitrogen and oxygen atoms in total. The van der Waals surface area contributed by atoms with Crippen LogP contribution in [0.1, 0.15) is 24.2 Å². The smallest absolute Gasteiger partial charge is 0.286 e. The van der Waals surface area contributed by atoms with Gasteiger partial charge in [-0.25, -0.2) is 0 Å². The minimum absolute atomic E-state index is 0.0487. The number of ether oxygens (including phenoxy) is 2. The first-order valence-electron chi connectivity index (χ1n) is 6.89. The maximum absolute atomic E-state index is 12.2. The number of hydrogen-bond acceptors (Lipinski definition) is 6. The van der Waals surface area contributed by atoms with E-state index in [1.54, 1.807) is 14.0 Å². The highest BCUT2D eigenvalue weighted by molar-refractivity contribution is 5.99. The van der Waals surface area contributed by atoms with Gasteiger partial charge in [0.2, 0.25) is 0 Å². The summed E-state index contributed by atoms with van der Waals surface area (Å²) < 4.78 is 10.4. The Morgan fingerprint density at radius 3 is 2.59 bits per heavy atom. The van der Waals surface area contributed by atoms with Crippen molar-refractivity contribution in [1.29, 1.82) is 0 Å². The average Bonchev–Trinajstić information content (AvgIpc) is 2.51. The van der Waals surface area contributed by atoms with Gasteiger partial charge >= 0.3 is 0 Å². The zero-order valence-corrected chi connectivity index (χ0v) is 13.1. The molecule has 0 aliphatic rings. The third-order valence-electron chi connectivity index (χ3n) is 3.08. The maximum atomic E-state index is 12.2. The first-order valence-corrected chi connectivity index (χ1v) is 6.89. The number of nitro benzene ring substituents is 1. The van der Waals surface area contributed by atoms with Crippen molar-refractivity contribution in [3.63, 3.8) is 0 Å². The van der Waals surface area contributed by atoms with E-state index in [2.05, 4.69) is 10.6 Å². The molecule has 0 fully saturated rings. The number of benzene rings is 1. The molecule has 0 radical (unpaired) electrons. The van der Waals surface area contributed by atoms with Gasteiger partial charge < -0.3 is 20.1 Å². The van der Waals surface area contributed by atoms with Crippen LogP contribution >= 0.6 is 0 Å². The van der Waals surface area contributed by atoms with Crippen LogP contribution in [0.25, 0.3) is 0 Å². The van der Waals surface area contributed by atoms with Gasteiger partial charge in [-0.15, -0.1) is 0 Å². The summed E-state index contributed by atoms with van der Waals surface area (Å²) in [5, 5.41) is 16.8. The van der Waals surface area contributed by atoms with Crippen LogP contribution in [0.3, 0.4) is 0 Å². The lowest BCUT2D eigenvalue weighted by Gasteiger charge is -2.14. The van der Waals surface area contributed by atoms with Gasteiger partial charge in [-0.2, -0.15) is 0 Å². The average molecular weight is 311 g/mol. The van der Waals surface area contributed by atoms with Crippen LogP contribution in [0.4, 0.5) is 5.69 Å². The Hall–Kier alpha value is -2.35. The molecule has 22 heavy (non-hydrogen) atoms. The monoisotopic (exact) mass is 311 g/mol. The number of hydrogen-bond donors (Lipinski definition) is 2. The van der Waals surface area contributed by atoms with E-state index in [4.69, 9.17) is 9.47 Å². The number of likely N-dealkylation sites (N-methyl/N-ethyl adjacent to an activating group) is 1. The summed E-state index contributed by atoms with van der Waals surface area (Å²) >= 11 is 0. The van der Waals surface area contributed by atoms with Crippen LogP contribution in [0.15, 0.2) is 12.1 Å². The number of carbonyl (C=O) groups excluding carboxylic acids is 1. The van der Waals surface area contributed by atoms with Crippen molar-refractivity contribution in [3.05, 3.63) is 27.8 Å². The maximum Gasteiger partial charge on any atom is 0.286 e. The van der Waals surface area contributed by atoms with E-state index in [0.717, 1.165) is 0 Å². The van der Waals surface area contributed by atoms with Crippen LogP contribution < -0.4 is 20.1 Å². The first kappa shape index (κ1) is 17.7. The van der Waals surface area contributed by atoms with Gasteiger partial charge in [0.1, 0.15) is 5.56 Å². The number of carbonyl (C=O) groups is 1. The Morgan fingerprint density at radius 1 is 1.41 bits per heavy atom. The van der Waals surface area contributed by atoms with E-state index in [1.807, 2.05) is 6.92 Å². The van der Waals surface area contributed by atoms with Crippen LogP contribution in [0, 0.1) is 10.1 Å². The van der Waals surface area contributed by atoms with E-state index in [0.29, 0.717) is 18.9 Å². The first-order chi connectivity index (χ1) is 10.4. The Bertz CT molecular complexity index is 548. The van der Waals surface area contributed by atoms with Gasteiger partial charge in [-0.05, 0) is 20.9 Å². The number of rotatable bonds is 8. The zero-order valence-electron chi connectivity index (χ0n) is 13.1. The number of nitro groups is 1. The summed E-state index contributed by atoms with van der Waals surface area (Å²) in [6.07, 6.45) is 0. The lowest BCUT2D eigenvalue weighted by molar-refractivity contribution is -0.385. The van der Waals surface area contributed by atoms with E-state index < -0.39 is 10.8 Å². The molecule has 0 heterocycles. The SMILES string of the molecule is CCOc1cc(C(=O)NCC(C)NC)c([N+](=O)[O-])cc1OC. The summed E-state index contributed by atoms with van der Waals surface area (Å²) in [6.45, 7) is 4.36. The molecule has 8 heteroatoms. The molecule has 1 amide bonds. The number of methoxy groups -OCH3 is 1. The fraction of sp³-hybridized carbons (Fsp3) is 0.500. The second kappa shape index (κ2) is 8.18. The molecule has 0 bridgehead atoms. The minimum atomic E-state index is -0.616. The standard InChI is InChI=1S/C14H21N3O5/c1-5-22-13-6-10(14(18)16-8-9(2)15-3)11(17(19)20)7-12(13)21-4/h6-7,9,15H,5,8H2,1-4H3,(H,16,18). The zero-order chi connectivity index (χ0) is 16.7. The van der Waals surface area contributed by atoms with Gasteiger partial charge in [0.15, 0.2) is 11.5 Å². The predicted octanol–water partition coefficient (Wildman–Crippen LogP) is 1.34. The molecule has 0 aromatic heterocycles. The van der Waals surface area contributed by atoms with E-state index in [9.17, 15) is 14.9 Å². The van der Waals surface area contributed by atoms with E-state index in [1.165, 1.54) is 19.2 Å². The third-order valence-corrected chi connectivity index (χ3v) is 3.08. The van der Waals surface area contributed by atoms with Gasteiger partial charge in [0.25, 0.3) is 11.6 Å².